The van der Waals surface area contributed by atoms with E-state index in [4.69, 9.17) is 0 Å². The number of hydrogen-bond acceptors (Lipinski definition) is 5. The van der Waals surface area contributed by atoms with Crippen molar-refractivity contribution in [3.05, 3.63) is 80.9 Å². The van der Waals surface area contributed by atoms with Crippen molar-refractivity contribution in [1.82, 2.24) is 0 Å². The first-order valence-electron chi connectivity index (χ1n) is 13.6. The molecule has 39 heavy (non-hydrogen) atoms. The summed E-state index contributed by atoms with van der Waals surface area (Å²) in [5, 5.41) is 2.57. The zero-order valence-electron chi connectivity index (χ0n) is 22.5. The number of aryl methyl sites for hydroxylation is 2. The second-order valence-corrected chi connectivity index (χ2v) is 14.6. The van der Waals surface area contributed by atoms with E-state index >= 15 is 0 Å². The van der Waals surface area contributed by atoms with Crippen LogP contribution in [0.25, 0.3) is 16.3 Å². The molecule has 0 N–H and O–H groups in total. The van der Waals surface area contributed by atoms with Gasteiger partial charge in [0.15, 0.2) is 0 Å². The average Bonchev–Trinajstić information content (AvgIpc) is 3.63. The fourth-order valence-corrected chi connectivity index (χ4v) is 9.75. The summed E-state index contributed by atoms with van der Waals surface area (Å²) in [4.78, 5) is 6.32. The molecule has 2 aromatic carbocycles. The van der Waals surface area contributed by atoms with Crippen molar-refractivity contribution < 1.29 is 4.57 Å². The van der Waals surface area contributed by atoms with Gasteiger partial charge in [-0.15, -0.1) is 23.5 Å². The molecule has 0 saturated heterocycles. The van der Waals surface area contributed by atoms with E-state index in [1.165, 1.54) is 87.9 Å². The number of thiazole rings is 1. The smallest absolute Gasteiger partial charge is 0.262 e. The van der Waals surface area contributed by atoms with Crippen LogP contribution in [0.3, 0.4) is 0 Å². The molecule has 196 valence electrons. The number of rotatable bonds is 3. The van der Waals surface area contributed by atoms with E-state index < -0.39 is 0 Å². The zero-order chi connectivity index (χ0) is 26.5. The van der Waals surface area contributed by atoms with Crippen LogP contribution in [0.2, 0.25) is 0 Å². The van der Waals surface area contributed by atoms with Gasteiger partial charge in [0.05, 0.1) is 10.7 Å². The van der Waals surface area contributed by atoms with E-state index in [-0.39, 0.29) is 0 Å². The molecule has 1 aromatic heterocycles. The lowest BCUT2D eigenvalue weighted by atomic mass is 9.77. The average molecular weight is 584 g/mol. The Labute approximate surface area is 248 Å². The first-order valence-corrected chi connectivity index (χ1v) is 17.4. The third kappa shape index (κ3) is 4.82. The molecular weight excluding hydrogens is 553 g/mol. The largest absolute Gasteiger partial charge is 0.262 e. The first kappa shape index (κ1) is 25.7. The van der Waals surface area contributed by atoms with Crippen LogP contribution in [-0.2, 0) is 13.5 Å². The fraction of sp³-hybridized carbons (Fsp3) is 0.303. The van der Waals surface area contributed by atoms with Crippen molar-refractivity contribution in [2.75, 3.05) is 16.9 Å². The molecule has 7 rings (SSSR count). The van der Waals surface area contributed by atoms with E-state index in [0.717, 1.165) is 12.8 Å². The van der Waals surface area contributed by atoms with Gasteiger partial charge >= 0.3 is 0 Å². The number of nitrogens with zero attached hydrogens (tertiary/aromatic N) is 2. The van der Waals surface area contributed by atoms with Crippen LogP contribution in [0.15, 0.2) is 85.0 Å². The number of thioether (sulfide) groups is 3. The third-order valence-electron chi connectivity index (χ3n) is 8.10. The topological polar surface area (TPSA) is 7.12 Å². The molecule has 0 radical (unpaired) electrons. The summed E-state index contributed by atoms with van der Waals surface area (Å²) in [6.07, 6.45) is 17.9. The number of hydrogen-bond donors (Lipinski definition) is 0. The van der Waals surface area contributed by atoms with Crippen LogP contribution in [0.5, 0.6) is 0 Å². The van der Waals surface area contributed by atoms with Crippen LogP contribution >= 0.6 is 46.6 Å². The van der Waals surface area contributed by atoms with Gasteiger partial charge < -0.3 is 0 Å². The molecule has 4 aliphatic rings. The van der Waals surface area contributed by atoms with Gasteiger partial charge in [-0.05, 0) is 104 Å². The zero-order valence-corrected chi connectivity index (χ0v) is 25.8. The predicted molar refractivity (Wildman–Crippen MR) is 172 cm³/mol. The van der Waals surface area contributed by atoms with Gasteiger partial charge in [0.2, 0.25) is 5.52 Å². The number of benzene rings is 2. The quantitative estimate of drug-likeness (QED) is 0.172. The van der Waals surface area contributed by atoms with Crippen molar-refractivity contribution in [3.63, 3.8) is 0 Å². The molecule has 2 aliphatic heterocycles. The standard InChI is InChI=1S/C33H31N2S4/c1-4-12-35-28-20-30-24(11-13-37-30)18-31(28)39-33(35)17-22-6-8-23-7-5-21(14-25(23)15-22)16-32-34(2)27-19-26(36-3)9-10-29(27)38-32/h9-10,14-20,23H,5-8,11,13H2,1-3H3/q+1. The molecule has 0 amide bonds. The van der Waals surface area contributed by atoms with Crippen LogP contribution in [0, 0.1) is 17.9 Å². The Morgan fingerprint density at radius 2 is 1.95 bits per heavy atom. The Kier molecular flexibility index (Phi) is 6.97. The molecule has 3 aromatic rings. The van der Waals surface area contributed by atoms with E-state index in [1.807, 2.05) is 53.5 Å². The molecule has 2 nitrogen and oxygen atoms in total. The number of allylic oxidation sites excluding steroid dienone is 6. The van der Waals surface area contributed by atoms with Crippen molar-refractivity contribution in [1.29, 1.82) is 0 Å². The van der Waals surface area contributed by atoms with Gasteiger partial charge in [-0.3, -0.25) is 4.90 Å². The van der Waals surface area contributed by atoms with E-state index in [1.54, 1.807) is 0 Å². The van der Waals surface area contributed by atoms with E-state index in [0.29, 0.717) is 5.92 Å². The fourth-order valence-electron chi connectivity index (χ4n) is 6.00. The van der Waals surface area contributed by atoms with Crippen LogP contribution in [-0.4, -0.2) is 12.0 Å². The normalized spacial score (nSPS) is 21.9. The molecule has 0 saturated carbocycles. The maximum Gasteiger partial charge on any atom is 0.262 e. The SMILES string of the molecule is CC#CN1/C(=C/C2=CC3=C/C(=C/c4sc5ccc(SC)cc5[n+]4C)CCC3CC2)Sc2cc3c(cc21)SCC3. The number of aromatic nitrogens is 1. The molecular formula is C33H31N2S4+. The van der Waals surface area contributed by atoms with Crippen molar-refractivity contribution in [3.8, 4) is 12.0 Å². The lowest BCUT2D eigenvalue weighted by Crippen LogP contribution is -2.29. The van der Waals surface area contributed by atoms with Gasteiger partial charge in [0.1, 0.15) is 11.7 Å². The Morgan fingerprint density at radius 3 is 2.82 bits per heavy atom. The first-order chi connectivity index (χ1) is 19.1. The maximum absolute atomic E-state index is 3.38. The molecule has 0 spiro atoms. The minimum absolute atomic E-state index is 0.685. The Bertz CT molecular complexity index is 1690. The maximum atomic E-state index is 3.38. The molecule has 6 heteroatoms. The van der Waals surface area contributed by atoms with Crippen LogP contribution in [0.4, 0.5) is 5.69 Å². The molecule has 1 atom stereocenters. The molecule has 0 bridgehead atoms. The molecule has 2 aliphatic carbocycles. The molecule has 1 unspecified atom stereocenters. The highest BCUT2D eigenvalue weighted by Gasteiger charge is 2.29. The van der Waals surface area contributed by atoms with Crippen molar-refractivity contribution in [2.45, 2.75) is 53.7 Å². The monoisotopic (exact) mass is 583 g/mol. The highest BCUT2D eigenvalue weighted by Crippen LogP contribution is 2.50. The Balaban J connectivity index is 1.19. The number of fused-ring (bicyclic) bond motifs is 4. The minimum Gasteiger partial charge on any atom is -0.262 e. The van der Waals surface area contributed by atoms with Gasteiger partial charge in [0, 0.05) is 38.6 Å². The lowest BCUT2D eigenvalue weighted by Gasteiger charge is -2.28. The van der Waals surface area contributed by atoms with Gasteiger partial charge in [-0.1, -0.05) is 41.2 Å². The van der Waals surface area contributed by atoms with E-state index in [9.17, 15) is 0 Å². The van der Waals surface area contributed by atoms with Gasteiger partial charge in [-0.25, -0.2) is 0 Å². The van der Waals surface area contributed by atoms with Gasteiger partial charge in [0.25, 0.3) is 5.01 Å². The number of anilines is 1. The summed E-state index contributed by atoms with van der Waals surface area (Å²) in [6.45, 7) is 1.94. The summed E-state index contributed by atoms with van der Waals surface area (Å²) >= 11 is 7.56. The second kappa shape index (κ2) is 10.6. The van der Waals surface area contributed by atoms with Gasteiger partial charge in [-0.2, -0.15) is 4.57 Å². The Morgan fingerprint density at radius 1 is 1.05 bits per heavy atom. The summed E-state index contributed by atoms with van der Waals surface area (Å²) in [5.41, 5.74) is 8.46. The van der Waals surface area contributed by atoms with Crippen molar-refractivity contribution >= 4 is 68.6 Å². The Hall–Kier alpha value is -2.30. The summed E-state index contributed by atoms with van der Waals surface area (Å²) in [7, 11) is 2.20. The molecule has 0 fully saturated rings. The van der Waals surface area contributed by atoms with Crippen molar-refractivity contribution in [2.24, 2.45) is 13.0 Å². The summed E-state index contributed by atoms with van der Waals surface area (Å²) in [6, 6.07) is 15.0. The lowest BCUT2D eigenvalue weighted by molar-refractivity contribution is -0.642. The predicted octanol–water partition coefficient (Wildman–Crippen LogP) is 8.97. The van der Waals surface area contributed by atoms with E-state index in [2.05, 4.69) is 89.4 Å². The minimum atomic E-state index is 0.685. The highest BCUT2D eigenvalue weighted by molar-refractivity contribution is 8.03. The summed E-state index contributed by atoms with van der Waals surface area (Å²) < 4.78 is 3.71. The van der Waals surface area contributed by atoms with Crippen LogP contribution in [0.1, 0.15) is 43.2 Å². The second-order valence-electron chi connectivity index (χ2n) is 10.5. The summed E-state index contributed by atoms with van der Waals surface area (Å²) in [5.74, 6) is 5.04. The molecule has 3 heterocycles. The highest BCUT2D eigenvalue weighted by atomic mass is 32.2. The third-order valence-corrected chi connectivity index (χ3v) is 12.1. The van der Waals surface area contributed by atoms with Crippen LogP contribution < -0.4 is 9.47 Å².